The zero-order valence-corrected chi connectivity index (χ0v) is 13.5. The molecule has 108 valence electrons. The highest BCUT2D eigenvalue weighted by Crippen LogP contribution is 2.37. The van der Waals surface area contributed by atoms with Crippen molar-refractivity contribution in [3.63, 3.8) is 0 Å². The maximum Gasteiger partial charge on any atom is 0.119 e. The molecule has 0 saturated carbocycles. The van der Waals surface area contributed by atoms with Gasteiger partial charge in [0.15, 0.2) is 0 Å². The predicted octanol–water partition coefficient (Wildman–Crippen LogP) is 5.55. The van der Waals surface area contributed by atoms with E-state index in [1.54, 1.807) is 0 Å². The Bertz CT molecular complexity index is 359. The molecule has 1 rings (SSSR count). The number of para-hydroxylation sites is 1. The molecule has 1 heteroatoms. The average molecular weight is 262 g/mol. The van der Waals surface area contributed by atoms with E-state index < -0.39 is 0 Å². The van der Waals surface area contributed by atoms with Gasteiger partial charge < -0.3 is 4.74 Å². The first kappa shape index (κ1) is 16.1. The fraction of sp³-hybridized carbons (Fsp3) is 0.667. The smallest absolute Gasteiger partial charge is 0.119 e. The maximum absolute atomic E-state index is 5.84. The molecule has 0 heterocycles. The van der Waals surface area contributed by atoms with Crippen LogP contribution in [0.15, 0.2) is 30.3 Å². The van der Waals surface area contributed by atoms with Crippen molar-refractivity contribution in [1.29, 1.82) is 0 Å². The van der Waals surface area contributed by atoms with Gasteiger partial charge in [0.2, 0.25) is 0 Å². The van der Waals surface area contributed by atoms with Crippen molar-refractivity contribution < 1.29 is 4.74 Å². The van der Waals surface area contributed by atoms with Crippen LogP contribution in [0.4, 0.5) is 0 Å². The Morgan fingerprint density at radius 2 is 1.58 bits per heavy atom. The van der Waals surface area contributed by atoms with Crippen LogP contribution in [0.25, 0.3) is 0 Å². The molecule has 0 aliphatic heterocycles. The van der Waals surface area contributed by atoms with Crippen LogP contribution in [0.1, 0.15) is 54.4 Å². The van der Waals surface area contributed by atoms with Crippen molar-refractivity contribution in [1.82, 2.24) is 0 Å². The van der Waals surface area contributed by atoms with Gasteiger partial charge in [0.25, 0.3) is 0 Å². The molecule has 1 atom stereocenters. The Kier molecular flexibility index (Phi) is 5.46. The SMILES string of the molecule is CC(COc1ccccc1)CC(C)(C)CC(C)(C)C. The van der Waals surface area contributed by atoms with Gasteiger partial charge in [-0.3, -0.25) is 0 Å². The van der Waals surface area contributed by atoms with Gasteiger partial charge in [-0.25, -0.2) is 0 Å². The predicted molar refractivity (Wildman–Crippen MR) is 83.6 cm³/mol. The minimum atomic E-state index is 0.373. The van der Waals surface area contributed by atoms with Crippen LogP contribution in [0.2, 0.25) is 0 Å². The monoisotopic (exact) mass is 262 g/mol. The lowest BCUT2D eigenvalue weighted by Gasteiger charge is -2.34. The first-order chi connectivity index (χ1) is 8.68. The van der Waals surface area contributed by atoms with Crippen LogP contribution < -0.4 is 4.74 Å². The van der Waals surface area contributed by atoms with Gasteiger partial charge in [-0.05, 0) is 41.7 Å². The second-order valence-electron chi connectivity index (χ2n) is 7.84. The van der Waals surface area contributed by atoms with Gasteiger partial charge in [-0.15, -0.1) is 0 Å². The summed E-state index contributed by atoms with van der Waals surface area (Å²) in [5.41, 5.74) is 0.765. The summed E-state index contributed by atoms with van der Waals surface area (Å²) in [5.74, 6) is 1.56. The van der Waals surface area contributed by atoms with Crippen LogP contribution >= 0.6 is 0 Å². The molecule has 0 spiro atoms. The summed E-state index contributed by atoms with van der Waals surface area (Å²) in [5, 5.41) is 0. The molecule has 0 amide bonds. The minimum absolute atomic E-state index is 0.373. The van der Waals surface area contributed by atoms with Crippen molar-refractivity contribution in [3.05, 3.63) is 30.3 Å². The van der Waals surface area contributed by atoms with E-state index in [9.17, 15) is 0 Å². The lowest BCUT2D eigenvalue weighted by Crippen LogP contribution is -2.25. The Morgan fingerprint density at radius 1 is 1.00 bits per heavy atom. The third kappa shape index (κ3) is 7.25. The third-order valence-electron chi connectivity index (χ3n) is 3.19. The van der Waals surface area contributed by atoms with Gasteiger partial charge >= 0.3 is 0 Å². The number of benzene rings is 1. The van der Waals surface area contributed by atoms with Crippen molar-refractivity contribution in [2.45, 2.75) is 54.4 Å². The van der Waals surface area contributed by atoms with E-state index in [1.165, 1.54) is 12.8 Å². The number of hydrogen-bond donors (Lipinski definition) is 0. The van der Waals surface area contributed by atoms with E-state index >= 15 is 0 Å². The Hall–Kier alpha value is -0.980. The molecule has 0 aliphatic rings. The van der Waals surface area contributed by atoms with Crippen molar-refractivity contribution >= 4 is 0 Å². The van der Waals surface area contributed by atoms with Gasteiger partial charge in [0, 0.05) is 0 Å². The van der Waals surface area contributed by atoms with Crippen LogP contribution in [0.5, 0.6) is 5.75 Å². The lowest BCUT2D eigenvalue weighted by atomic mass is 9.72. The number of hydrogen-bond acceptors (Lipinski definition) is 1. The van der Waals surface area contributed by atoms with Gasteiger partial charge in [-0.2, -0.15) is 0 Å². The van der Waals surface area contributed by atoms with E-state index in [2.05, 4.69) is 41.5 Å². The highest BCUT2D eigenvalue weighted by atomic mass is 16.5. The summed E-state index contributed by atoms with van der Waals surface area (Å²) in [6.45, 7) is 14.8. The highest BCUT2D eigenvalue weighted by Gasteiger charge is 2.27. The first-order valence-electron chi connectivity index (χ1n) is 7.36. The minimum Gasteiger partial charge on any atom is -0.493 e. The summed E-state index contributed by atoms with van der Waals surface area (Å²) in [7, 11) is 0. The Labute approximate surface area is 119 Å². The molecule has 1 nitrogen and oxygen atoms in total. The Morgan fingerprint density at radius 3 is 2.11 bits per heavy atom. The standard InChI is InChI=1S/C18H30O/c1-15(12-18(5,6)14-17(2,3)4)13-19-16-10-8-7-9-11-16/h7-11,15H,12-14H2,1-6H3. The van der Waals surface area contributed by atoms with Crippen molar-refractivity contribution in [2.24, 2.45) is 16.7 Å². The fourth-order valence-electron chi connectivity index (χ4n) is 3.27. The molecule has 0 aromatic heterocycles. The summed E-state index contributed by atoms with van der Waals surface area (Å²) in [6, 6.07) is 10.1. The molecule has 0 fully saturated rings. The summed E-state index contributed by atoms with van der Waals surface area (Å²) >= 11 is 0. The molecule has 1 aromatic carbocycles. The van der Waals surface area contributed by atoms with Crippen molar-refractivity contribution in [2.75, 3.05) is 6.61 Å². The molecule has 1 aromatic rings. The molecule has 0 radical (unpaired) electrons. The largest absolute Gasteiger partial charge is 0.493 e. The van der Waals surface area contributed by atoms with Crippen LogP contribution in [0.3, 0.4) is 0 Å². The zero-order chi connectivity index (χ0) is 14.5. The molecular weight excluding hydrogens is 232 g/mol. The fourth-order valence-corrected chi connectivity index (χ4v) is 3.27. The maximum atomic E-state index is 5.84. The molecular formula is C18H30O. The van der Waals surface area contributed by atoms with E-state index in [0.29, 0.717) is 16.7 Å². The molecule has 0 N–H and O–H groups in total. The van der Waals surface area contributed by atoms with Crippen LogP contribution in [-0.2, 0) is 0 Å². The van der Waals surface area contributed by atoms with E-state index in [-0.39, 0.29) is 0 Å². The van der Waals surface area contributed by atoms with Crippen LogP contribution in [-0.4, -0.2) is 6.61 Å². The summed E-state index contributed by atoms with van der Waals surface area (Å²) in [6.07, 6.45) is 2.45. The van der Waals surface area contributed by atoms with Crippen molar-refractivity contribution in [3.8, 4) is 5.75 Å². The number of ether oxygens (including phenoxy) is 1. The van der Waals surface area contributed by atoms with E-state index in [0.717, 1.165) is 12.4 Å². The molecule has 0 aliphatic carbocycles. The van der Waals surface area contributed by atoms with Gasteiger partial charge in [0.05, 0.1) is 6.61 Å². The topological polar surface area (TPSA) is 9.23 Å². The second kappa shape index (κ2) is 6.45. The normalized spacial score (nSPS) is 14.2. The molecule has 0 saturated heterocycles. The van der Waals surface area contributed by atoms with Gasteiger partial charge in [0.1, 0.15) is 5.75 Å². The molecule has 0 bridgehead atoms. The quantitative estimate of drug-likeness (QED) is 0.652. The van der Waals surface area contributed by atoms with E-state index in [4.69, 9.17) is 4.74 Å². The lowest BCUT2D eigenvalue weighted by molar-refractivity contribution is 0.147. The second-order valence-corrected chi connectivity index (χ2v) is 7.84. The summed E-state index contributed by atoms with van der Waals surface area (Å²) in [4.78, 5) is 0. The Balaban J connectivity index is 2.40. The van der Waals surface area contributed by atoms with Crippen LogP contribution in [0, 0.1) is 16.7 Å². The number of rotatable bonds is 6. The molecule has 1 unspecified atom stereocenters. The first-order valence-corrected chi connectivity index (χ1v) is 7.36. The van der Waals surface area contributed by atoms with E-state index in [1.807, 2.05) is 30.3 Å². The molecule has 19 heavy (non-hydrogen) atoms. The van der Waals surface area contributed by atoms with Gasteiger partial charge in [-0.1, -0.05) is 59.7 Å². The highest BCUT2D eigenvalue weighted by molar-refractivity contribution is 5.20. The zero-order valence-electron chi connectivity index (χ0n) is 13.5. The third-order valence-corrected chi connectivity index (χ3v) is 3.19. The average Bonchev–Trinajstić information content (AvgIpc) is 2.23. The summed E-state index contributed by atoms with van der Waals surface area (Å²) < 4.78 is 5.84.